The molecular weight excluding hydrogens is 362 g/mol. The number of nitriles is 1. The highest BCUT2D eigenvalue weighted by Gasteiger charge is 2.26. The Labute approximate surface area is 159 Å². The van der Waals surface area contributed by atoms with Crippen LogP contribution in [0.1, 0.15) is 29.5 Å². The van der Waals surface area contributed by atoms with Gasteiger partial charge in [0, 0.05) is 12.7 Å². The molecule has 1 aliphatic carbocycles. The van der Waals surface area contributed by atoms with Crippen LogP contribution < -0.4 is 5.32 Å². The third kappa shape index (κ3) is 4.02. The number of sulfonamides is 1. The van der Waals surface area contributed by atoms with Crippen LogP contribution in [-0.2, 0) is 27.7 Å². The molecule has 1 N–H and O–H groups in total. The van der Waals surface area contributed by atoms with Gasteiger partial charge in [-0.2, -0.15) is 9.57 Å². The second-order valence-electron chi connectivity index (χ2n) is 6.57. The van der Waals surface area contributed by atoms with Crippen LogP contribution in [0.3, 0.4) is 0 Å². The third-order valence-electron chi connectivity index (χ3n) is 4.73. The van der Waals surface area contributed by atoms with Gasteiger partial charge in [-0.15, -0.1) is 0 Å². The predicted octanol–water partition coefficient (Wildman–Crippen LogP) is 2.70. The largest absolute Gasteiger partial charge is 0.325 e. The normalized spacial score (nSPS) is 13.7. The van der Waals surface area contributed by atoms with Crippen molar-refractivity contribution in [2.75, 3.05) is 18.9 Å². The van der Waals surface area contributed by atoms with E-state index in [1.807, 2.05) is 18.2 Å². The minimum absolute atomic E-state index is 0.0573. The van der Waals surface area contributed by atoms with Gasteiger partial charge >= 0.3 is 0 Å². The van der Waals surface area contributed by atoms with Crippen LogP contribution in [0.4, 0.5) is 5.69 Å². The van der Waals surface area contributed by atoms with Crippen molar-refractivity contribution in [2.24, 2.45) is 0 Å². The molecule has 3 rings (SSSR count). The quantitative estimate of drug-likeness (QED) is 0.859. The maximum Gasteiger partial charge on any atom is 0.244 e. The van der Waals surface area contributed by atoms with E-state index in [0.29, 0.717) is 0 Å². The number of fused-ring (bicyclic) bond motifs is 1. The van der Waals surface area contributed by atoms with E-state index in [1.165, 1.54) is 24.7 Å². The average molecular weight is 383 g/mol. The van der Waals surface area contributed by atoms with Gasteiger partial charge in [0.25, 0.3) is 0 Å². The van der Waals surface area contributed by atoms with Gasteiger partial charge in [0.05, 0.1) is 17.0 Å². The average Bonchev–Trinajstić information content (AvgIpc) is 2.68. The van der Waals surface area contributed by atoms with Gasteiger partial charge in [-0.3, -0.25) is 4.79 Å². The molecule has 0 fully saturated rings. The van der Waals surface area contributed by atoms with E-state index in [1.54, 1.807) is 12.1 Å². The molecule has 6 nitrogen and oxygen atoms in total. The predicted molar refractivity (Wildman–Crippen MR) is 103 cm³/mol. The number of likely N-dealkylation sites (N-methyl/N-ethyl adjacent to an activating group) is 1. The number of nitrogens with one attached hydrogen (secondary N) is 1. The van der Waals surface area contributed by atoms with Crippen molar-refractivity contribution in [1.82, 2.24) is 4.31 Å². The standard InChI is InChI=1S/C20H21N3O3S/c1-23(27(25,26)19-12-5-3-8-16(19)13-21)14-20(24)22-18-11-6-9-15-7-2-4-10-17(15)18/h3,5-6,8-9,11-12H,2,4,7,10,14H2,1H3,(H,22,24). The van der Waals surface area contributed by atoms with Crippen molar-refractivity contribution in [2.45, 2.75) is 30.6 Å². The molecule has 27 heavy (non-hydrogen) atoms. The first-order valence-corrected chi connectivity index (χ1v) is 10.2. The molecule has 1 aliphatic rings. The lowest BCUT2D eigenvalue weighted by Crippen LogP contribution is -2.35. The lowest BCUT2D eigenvalue weighted by molar-refractivity contribution is -0.116. The molecule has 0 radical (unpaired) electrons. The van der Waals surface area contributed by atoms with E-state index in [2.05, 4.69) is 11.4 Å². The summed E-state index contributed by atoms with van der Waals surface area (Å²) >= 11 is 0. The number of anilines is 1. The number of carbonyl (C=O) groups excluding carboxylic acids is 1. The zero-order valence-electron chi connectivity index (χ0n) is 15.1. The van der Waals surface area contributed by atoms with Crippen molar-refractivity contribution in [3.8, 4) is 6.07 Å². The molecule has 0 atom stereocenters. The number of nitrogens with zero attached hydrogens (tertiary/aromatic N) is 2. The lowest BCUT2D eigenvalue weighted by Gasteiger charge is -2.21. The van der Waals surface area contributed by atoms with E-state index < -0.39 is 15.9 Å². The molecule has 7 heteroatoms. The molecule has 0 aromatic heterocycles. The van der Waals surface area contributed by atoms with Crippen molar-refractivity contribution >= 4 is 21.6 Å². The number of aryl methyl sites for hydroxylation is 1. The van der Waals surface area contributed by atoms with Gasteiger partial charge < -0.3 is 5.32 Å². The molecule has 0 aliphatic heterocycles. The van der Waals surface area contributed by atoms with E-state index in [-0.39, 0.29) is 17.0 Å². The summed E-state index contributed by atoms with van der Waals surface area (Å²) in [7, 11) is -2.60. The topological polar surface area (TPSA) is 90.3 Å². The SMILES string of the molecule is CN(CC(=O)Nc1cccc2c1CCCC2)S(=O)(=O)c1ccccc1C#N. The van der Waals surface area contributed by atoms with Gasteiger partial charge in [-0.25, -0.2) is 8.42 Å². The number of amides is 1. The van der Waals surface area contributed by atoms with Crippen molar-refractivity contribution < 1.29 is 13.2 Å². The molecular formula is C20H21N3O3S. The fourth-order valence-electron chi connectivity index (χ4n) is 3.33. The molecule has 0 spiro atoms. The number of hydrogen-bond donors (Lipinski definition) is 1. The molecule has 2 aromatic rings. The monoisotopic (exact) mass is 383 g/mol. The van der Waals surface area contributed by atoms with E-state index >= 15 is 0 Å². The number of benzene rings is 2. The molecule has 0 unspecified atom stereocenters. The van der Waals surface area contributed by atoms with Crippen LogP contribution in [0.25, 0.3) is 0 Å². The Morgan fingerprint density at radius 1 is 1.15 bits per heavy atom. The summed E-state index contributed by atoms with van der Waals surface area (Å²) < 4.78 is 26.4. The lowest BCUT2D eigenvalue weighted by atomic mass is 9.90. The van der Waals surface area contributed by atoms with E-state index in [0.717, 1.165) is 41.2 Å². The van der Waals surface area contributed by atoms with E-state index in [4.69, 9.17) is 5.26 Å². The summed E-state index contributed by atoms with van der Waals surface area (Å²) in [6.45, 7) is -0.328. The molecule has 0 saturated heterocycles. The number of hydrogen-bond acceptors (Lipinski definition) is 4. The Bertz CT molecular complexity index is 1010. The summed E-state index contributed by atoms with van der Waals surface area (Å²) in [6.07, 6.45) is 4.14. The van der Waals surface area contributed by atoms with Gasteiger partial charge in [0.1, 0.15) is 6.07 Å². The second kappa shape index (κ2) is 7.91. The van der Waals surface area contributed by atoms with Crippen LogP contribution >= 0.6 is 0 Å². The highest BCUT2D eigenvalue weighted by Crippen LogP contribution is 2.28. The Morgan fingerprint density at radius 3 is 2.67 bits per heavy atom. The Kier molecular flexibility index (Phi) is 5.59. The summed E-state index contributed by atoms with van der Waals surface area (Å²) in [5.74, 6) is -0.408. The highest BCUT2D eigenvalue weighted by atomic mass is 32.2. The third-order valence-corrected chi connectivity index (χ3v) is 6.59. The van der Waals surface area contributed by atoms with Gasteiger partial charge in [-0.1, -0.05) is 24.3 Å². The molecule has 140 valence electrons. The van der Waals surface area contributed by atoms with Crippen LogP contribution in [0.2, 0.25) is 0 Å². The smallest absolute Gasteiger partial charge is 0.244 e. The van der Waals surface area contributed by atoms with Crippen molar-refractivity contribution in [1.29, 1.82) is 5.26 Å². The molecule has 0 bridgehead atoms. The van der Waals surface area contributed by atoms with Crippen LogP contribution in [0.5, 0.6) is 0 Å². The van der Waals surface area contributed by atoms with Crippen molar-refractivity contribution in [3.63, 3.8) is 0 Å². The Morgan fingerprint density at radius 2 is 1.89 bits per heavy atom. The van der Waals surface area contributed by atoms with Gasteiger partial charge in [0.15, 0.2) is 0 Å². The first-order valence-electron chi connectivity index (χ1n) is 8.79. The van der Waals surface area contributed by atoms with Gasteiger partial charge in [0.2, 0.25) is 15.9 Å². The first-order chi connectivity index (χ1) is 12.9. The first kappa shape index (κ1) is 19.1. The second-order valence-corrected chi connectivity index (χ2v) is 8.58. The fraction of sp³-hybridized carbons (Fsp3) is 0.300. The van der Waals surface area contributed by atoms with Crippen molar-refractivity contribution in [3.05, 3.63) is 59.2 Å². The molecule has 0 saturated carbocycles. The maximum atomic E-state index is 12.7. The Hall–Kier alpha value is -2.69. The maximum absolute atomic E-state index is 12.7. The minimum Gasteiger partial charge on any atom is -0.325 e. The molecule has 1 amide bonds. The summed E-state index contributed by atoms with van der Waals surface area (Å²) in [5.41, 5.74) is 3.18. The number of rotatable bonds is 5. The fourth-order valence-corrected chi connectivity index (χ4v) is 4.59. The Balaban J connectivity index is 1.76. The zero-order chi connectivity index (χ0) is 19.4. The number of carbonyl (C=O) groups is 1. The van der Waals surface area contributed by atoms with E-state index in [9.17, 15) is 13.2 Å². The molecule has 0 heterocycles. The summed E-state index contributed by atoms with van der Waals surface area (Å²) in [6, 6.07) is 13.7. The van der Waals surface area contributed by atoms with Crippen LogP contribution in [0, 0.1) is 11.3 Å². The molecule has 2 aromatic carbocycles. The summed E-state index contributed by atoms with van der Waals surface area (Å²) in [4.78, 5) is 12.4. The van der Waals surface area contributed by atoms with Gasteiger partial charge in [-0.05, 0) is 55.0 Å². The summed E-state index contributed by atoms with van der Waals surface area (Å²) in [5, 5.41) is 12.0. The highest BCUT2D eigenvalue weighted by molar-refractivity contribution is 7.89. The van der Waals surface area contributed by atoms with Crippen LogP contribution in [0.15, 0.2) is 47.4 Å². The zero-order valence-corrected chi connectivity index (χ0v) is 15.9. The minimum atomic E-state index is -3.94. The van der Waals surface area contributed by atoms with Crippen LogP contribution in [-0.4, -0.2) is 32.2 Å².